The number of sulfonamides is 1. The fourth-order valence-electron chi connectivity index (χ4n) is 2.98. The zero-order valence-corrected chi connectivity index (χ0v) is 15.6. The number of likely N-dealkylation sites (tertiary alicyclic amines) is 1. The third kappa shape index (κ3) is 5.74. The van der Waals surface area contributed by atoms with Gasteiger partial charge >= 0.3 is 0 Å². The topological polar surface area (TPSA) is 95.6 Å². The first-order chi connectivity index (χ1) is 11.7. The van der Waals surface area contributed by atoms with Crippen molar-refractivity contribution in [3.8, 4) is 0 Å². The second-order valence-corrected chi connectivity index (χ2v) is 8.28. The monoisotopic (exact) mass is 367 g/mol. The third-order valence-electron chi connectivity index (χ3n) is 4.29. The molecule has 1 aromatic carbocycles. The van der Waals surface area contributed by atoms with Crippen LogP contribution in [0.5, 0.6) is 0 Å². The maximum atomic E-state index is 12.5. The van der Waals surface area contributed by atoms with Gasteiger partial charge < -0.3 is 10.2 Å². The number of hydrogen-bond acceptors (Lipinski definition) is 4. The van der Waals surface area contributed by atoms with Crippen molar-refractivity contribution in [2.75, 3.05) is 24.1 Å². The molecule has 1 heterocycles. The van der Waals surface area contributed by atoms with Crippen LogP contribution in [0.4, 0.5) is 5.69 Å². The van der Waals surface area contributed by atoms with Crippen LogP contribution in [0.15, 0.2) is 24.3 Å². The Kier molecular flexibility index (Phi) is 6.05. The molecule has 1 aliphatic heterocycles. The van der Waals surface area contributed by atoms with Crippen molar-refractivity contribution in [3.63, 3.8) is 0 Å². The number of anilines is 1. The summed E-state index contributed by atoms with van der Waals surface area (Å²) in [7, 11) is -3.35. The molecular formula is C17H25N3O4S. The molecule has 1 aromatic rings. The van der Waals surface area contributed by atoms with E-state index in [1.54, 1.807) is 23.1 Å². The van der Waals surface area contributed by atoms with Crippen molar-refractivity contribution in [1.29, 1.82) is 0 Å². The second kappa shape index (κ2) is 7.86. The summed E-state index contributed by atoms with van der Waals surface area (Å²) in [6, 6.07) is 6.67. The number of rotatable bonds is 5. The predicted molar refractivity (Wildman–Crippen MR) is 96.4 cm³/mol. The molecule has 0 unspecified atom stereocenters. The molecule has 0 aromatic heterocycles. The molecule has 7 nitrogen and oxygen atoms in total. The Balaban J connectivity index is 2.01. The van der Waals surface area contributed by atoms with Gasteiger partial charge in [0.15, 0.2) is 0 Å². The Bertz CT molecular complexity index is 748. The quantitative estimate of drug-likeness (QED) is 0.824. The Morgan fingerprint density at radius 3 is 2.68 bits per heavy atom. The van der Waals surface area contributed by atoms with Crippen LogP contribution in [0, 0.1) is 5.92 Å². The minimum absolute atomic E-state index is 0.00917. The lowest BCUT2D eigenvalue weighted by Crippen LogP contribution is -2.45. The molecule has 0 bridgehead atoms. The molecule has 1 fully saturated rings. The van der Waals surface area contributed by atoms with E-state index in [-0.39, 0.29) is 23.8 Å². The minimum Gasteiger partial charge on any atom is -0.349 e. The average molecular weight is 367 g/mol. The Morgan fingerprint density at radius 1 is 1.32 bits per heavy atom. The van der Waals surface area contributed by atoms with E-state index in [1.165, 1.54) is 6.92 Å². The van der Waals surface area contributed by atoms with Crippen molar-refractivity contribution in [2.45, 2.75) is 32.7 Å². The molecule has 138 valence electrons. The summed E-state index contributed by atoms with van der Waals surface area (Å²) >= 11 is 0. The molecule has 0 aliphatic carbocycles. The molecule has 2 atom stereocenters. The molecule has 25 heavy (non-hydrogen) atoms. The molecule has 0 saturated carbocycles. The molecule has 1 aliphatic rings. The van der Waals surface area contributed by atoms with Crippen molar-refractivity contribution >= 4 is 27.5 Å². The van der Waals surface area contributed by atoms with Gasteiger partial charge in [0.25, 0.3) is 0 Å². The van der Waals surface area contributed by atoms with E-state index in [2.05, 4.69) is 10.0 Å². The van der Waals surface area contributed by atoms with Gasteiger partial charge in [0.2, 0.25) is 21.8 Å². The van der Waals surface area contributed by atoms with Gasteiger partial charge in [-0.3, -0.25) is 14.3 Å². The lowest BCUT2D eigenvalue weighted by atomic mass is 9.96. The predicted octanol–water partition coefficient (Wildman–Crippen LogP) is 1.49. The number of hydrogen-bond donors (Lipinski definition) is 2. The highest BCUT2D eigenvalue weighted by molar-refractivity contribution is 7.92. The number of carbonyl (C=O) groups is 2. The van der Waals surface area contributed by atoms with Crippen LogP contribution in [0.2, 0.25) is 0 Å². The van der Waals surface area contributed by atoms with Crippen LogP contribution < -0.4 is 10.0 Å². The Morgan fingerprint density at radius 2 is 2.04 bits per heavy atom. The highest BCUT2D eigenvalue weighted by Gasteiger charge is 2.27. The number of nitrogens with zero attached hydrogens (tertiary/aromatic N) is 1. The van der Waals surface area contributed by atoms with Gasteiger partial charge in [0, 0.05) is 25.7 Å². The van der Waals surface area contributed by atoms with Gasteiger partial charge in [-0.25, -0.2) is 8.42 Å². The zero-order chi connectivity index (χ0) is 18.6. The highest BCUT2D eigenvalue weighted by atomic mass is 32.2. The van der Waals surface area contributed by atoms with Crippen molar-refractivity contribution in [2.24, 2.45) is 5.92 Å². The lowest BCUT2D eigenvalue weighted by Gasteiger charge is -2.32. The van der Waals surface area contributed by atoms with E-state index in [0.29, 0.717) is 18.8 Å². The molecular weight excluding hydrogens is 342 g/mol. The van der Waals surface area contributed by atoms with Crippen LogP contribution in [-0.4, -0.2) is 44.5 Å². The fourth-order valence-corrected chi connectivity index (χ4v) is 3.53. The molecule has 2 N–H and O–H groups in total. The van der Waals surface area contributed by atoms with E-state index >= 15 is 0 Å². The number of piperidine rings is 1. The van der Waals surface area contributed by atoms with E-state index in [9.17, 15) is 18.0 Å². The largest absolute Gasteiger partial charge is 0.349 e. The van der Waals surface area contributed by atoms with Crippen LogP contribution in [-0.2, 0) is 19.6 Å². The van der Waals surface area contributed by atoms with E-state index in [1.807, 2.05) is 13.0 Å². The standard InChI is InChI=1S/C17H25N3O4S/c1-12(14-6-4-8-16(10-14)19-25(3,23)24)18-17(22)15-7-5-9-20(11-15)13(2)21/h4,6,8,10,12,15,19H,5,7,9,11H2,1-3H3,(H,18,22)/t12-,15+/m0/s1. The molecule has 2 amide bonds. The number of carbonyl (C=O) groups excluding carboxylic acids is 2. The Hall–Kier alpha value is -2.09. The maximum absolute atomic E-state index is 12.5. The van der Waals surface area contributed by atoms with Gasteiger partial charge in [0.1, 0.15) is 0 Å². The van der Waals surface area contributed by atoms with E-state index in [4.69, 9.17) is 0 Å². The van der Waals surface area contributed by atoms with Crippen molar-refractivity contribution in [1.82, 2.24) is 10.2 Å². The first-order valence-corrected chi connectivity index (χ1v) is 10.2. The Labute approximate surface area is 148 Å². The van der Waals surface area contributed by atoms with Gasteiger partial charge in [-0.05, 0) is 37.5 Å². The first-order valence-electron chi connectivity index (χ1n) is 8.29. The van der Waals surface area contributed by atoms with Gasteiger partial charge in [-0.1, -0.05) is 12.1 Å². The van der Waals surface area contributed by atoms with Gasteiger partial charge in [-0.15, -0.1) is 0 Å². The summed E-state index contributed by atoms with van der Waals surface area (Å²) in [5.74, 6) is -0.303. The lowest BCUT2D eigenvalue weighted by molar-refractivity contribution is -0.134. The highest BCUT2D eigenvalue weighted by Crippen LogP contribution is 2.21. The van der Waals surface area contributed by atoms with E-state index < -0.39 is 10.0 Å². The second-order valence-electron chi connectivity index (χ2n) is 6.53. The van der Waals surface area contributed by atoms with Crippen LogP contribution in [0.1, 0.15) is 38.3 Å². The summed E-state index contributed by atoms with van der Waals surface area (Å²) in [6.45, 7) is 4.52. The summed E-state index contributed by atoms with van der Waals surface area (Å²) in [6.07, 6.45) is 2.67. The molecule has 8 heteroatoms. The fraction of sp³-hybridized carbons (Fsp3) is 0.529. The van der Waals surface area contributed by atoms with Crippen LogP contribution >= 0.6 is 0 Å². The van der Waals surface area contributed by atoms with Gasteiger partial charge in [-0.2, -0.15) is 0 Å². The van der Waals surface area contributed by atoms with Crippen LogP contribution in [0.3, 0.4) is 0 Å². The summed E-state index contributed by atoms with van der Waals surface area (Å²) in [5.41, 5.74) is 1.27. The molecule has 1 saturated heterocycles. The average Bonchev–Trinajstić information content (AvgIpc) is 2.53. The third-order valence-corrected chi connectivity index (χ3v) is 4.89. The first kappa shape index (κ1) is 19.2. The van der Waals surface area contributed by atoms with Crippen LogP contribution in [0.25, 0.3) is 0 Å². The number of nitrogens with one attached hydrogen (secondary N) is 2. The molecule has 0 radical (unpaired) electrons. The number of benzene rings is 1. The smallest absolute Gasteiger partial charge is 0.229 e. The minimum atomic E-state index is -3.35. The zero-order valence-electron chi connectivity index (χ0n) is 14.8. The van der Waals surface area contributed by atoms with Crippen molar-refractivity contribution < 1.29 is 18.0 Å². The van der Waals surface area contributed by atoms with Crippen molar-refractivity contribution in [3.05, 3.63) is 29.8 Å². The summed E-state index contributed by atoms with van der Waals surface area (Å²) < 4.78 is 25.1. The normalized spacial score (nSPS) is 19.2. The molecule has 2 rings (SSSR count). The summed E-state index contributed by atoms with van der Waals surface area (Å²) in [4.78, 5) is 25.7. The number of amides is 2. The maximum Gasteiger partial charge on any atom is 0.229 e. The van der Waals surface area contributed by atoms with Gasteiger partial charge in [0.05, 0.1) is 18.2 Å². The SMILES string of the molecule is CC(=O)N1CCC[C@@H](C(=O)N[C@@H](C)c2cccc(NS(C)(=O)=O)c2)C1. The molecule has 0 spiro atoms. The summed E-state index contributed by atoms with van der Waals surface area (Å²) in [5, 5.41) is 2.96. The van der Waals surface area contributed by atoms with E-state index in [0.717, 1.165) is 24.7 Å².